The van der Waals surface area contributed by atoms with Gasteiger partial charge in [0.1, 0.15) is 0 Å². The smallest absolute Gasteiger partial charge is 0.243 e. The van der Waals surface area contributed by atoms with Crippen LogP contribution in [0.3, 0.4) is 0 Å². The summed E-state index contributed by atoms with van der Waals surface area (Å²) in [6, 6.07) is 14.9. The monoisotopic (exact) mass is 527 g/mol. The Morgan fingerprint density at radius 2 is 1.83 bits per heavy atom. The van der Waals surface area contributed by atoms with Gasteiger partial charge in [0, 0.05) is 87.1 Å². The second kappa shape index (κ2) is 12.8. The maximum absolute atomic E-state index is 13.9. The lowest BCUT2D eigenvalue weighted by molar-refractivity contribution is 0.217. The van der Waals surface area contributed by atoms with Gasteiger partial charge in [-0.25, -0.2) is 8.42 Å². The highest BCUT2D eigenvalue weighted by Crippen LogP contribution is 2.25. The van der Waals surface area contributed by atoms with Gasteiger partial charge in [-0.05, 0) is 36.9 Å². The van der Waals surface area contributed by atoms with E-state index in [1.54, 1.807) is 34.9 Å². The van der Waals surface area contributed by atoms with Crippen LogP contribution in [0.1, 0.15) is 5.56 Å². The molecule has 0 saturated carbocycles. The fourth-order valence-electron chi connectivity index (χ4n) is 4.31. The molecule has 1 N–H and O–H groups in total. The van der Waals surface area contributed by atoms with Crippen LogP contribution in [0.2, 0.25) is 5.02 Å². The second-order valence-corrected chi connectivity index (χ2v) is 11.4. The first-order valence-corrected chi connectivity index (χ1v) is 14.1. The van der Waals surface area contributed by atoms with E-state index in [1.165, 1.54) is 0 Å². The Labute approximate surface area is 219 Å². The molecule has 1 fully saturated rings. The van der Waals surface area contributed by atoms with E-state index in [9.17, 15) is 8.42 Å². The van der Waals surface area contributed by atoms with Crippen molar-refractivity contribution in [1.29, 1.82) is 0 Å². The van der Waals surface area contributed by atoms with Gasteiger partial charge in [0.15, 0.2) is 0 Å². The number of hydrogen-bond acceptors (Lipinski definition) is 6. The van der Waals surface area contributed by atoms with Crippen LogP contribution in [0, 0.1) is 0 Å². The summed E-state index contributed by atoms with van der Waals surface area (Å²) in [6.07, 6.45) is 7.49. The molecule has 0 bridgehead atoms. The van der Waals surface area contributed by atoms with Gasteiger partial charge in [0.25, 0.3) is 0 Å². The number of hydrogen-bond donors (Lipinski definition) is 1. The van der Waals surface area contributed by atoms with Gasteiger partial charge in [0.05, 0.1) is 4.90 Å². The number of piperazine rings is 1. The lowest BCUT2D eigenvalue weighted by atomic mass is 10.2. The van der Waals surface area contributed by atoms with E-state index in [2.05, 4.69) is 32.3 Å². The van der Waals surface area contributed by atoms with Gasteiger partial charge < -0.3 is 10.2 Å². The van der Waals surface area contributed by atoms with Gasteiger partial charge in [0.2, 0.25) is 10.0 Å². The van der Waals surface area contributed by atoms with E-state index >= 15 is 0 Å². The first-order chi connectivity index (χ1) is 17.4. The SMILES string of the molecule is CN(CC=Cc1ccc(Cl)cc1)CCN(CCN1CCNCC1)S(=O)(=O)c1cccc2cnccc12. The largest absolute Gasteiger partial charge is 0.314 e. The molecule has 7 nitrogen and oxygen atoms in total. The number of nitrogens with zero attached hydrogens (tertiary/aromatic N) is 4. The van der Waals surface area contributed by atoms with E-state index in [0.29, 0.717) is 48.0 Å². The van der Waals surface area contributed by atoms with E-state index in [-0.39, 0.29) is 0 Å². The minimum absolute atomic E-state index is 0.341. The van der Waals surface area contributed by atoms with Crippen molar-refractivity contribution in [2.24, 2.45) is 0 Å². The number of halogens is 1. The number of likely N-dealkylation sites (N-methyl/N-ethyl adjacent to an activating group) is 1. The standard InChI is InChI=1S/C27H34ClN5O2S/c1-31(15-3-4-23-7-9-25(28)10-8-23)18-20-33(21-19-32-16-13-29-14-17-32)36(34,35)27-6-2-5-24-22-30-12-11-26(24)27/h2-12,22,29H,13-21H2,1H3. The van der Waals surface area contributed by atoms with Crippen molar-refractivity contribution in [2.75, 3.05) is 66.0 Å². The first kappa shape index (κ1) is 26.7. The van der Waals surface area contributed by atoms with Crippen molar-refractivity contribution >= 4 is 38.5 Å². The first-order valence-electron chi connectivity index (χ1n) is 12.3. The van der Waals surface area contributed by atoms with Crippen molar-refractivity contribution < 1.29 is 8.42 Å². The minimum Gasteiger partial charge on any atom is -0.314 e. The van der Waals surface area contributed by atoms with Gasteiger partial charge >= 0.3 is 0 Å². The number of rotatable bonds is 11. The van der Waals surface area contributed by atoms with Gasteiger partial charge in [-0.1, -0.05) is 48.0 Å². The average Bonchev–Trinajstić information content (AvgIpc) is 2.90. The quantitative estimate of drug-likeness (QED) is 0.412. The van der Waals surface area contributed by atoms with Crippen molar-refractivity contribution in [3.8, 4) is 0 Å². The van der Waals surface area contributed by atoms with E-state index in [4.69, 9.17) is 11.6 Å². The summed E-state index contributed by atoms with van der Waals surface area (Å²) >= 11 is 5.96. The molecule has 0 aliphatic carbocycles. The molecular formula is C27H34ClN5O2S. The van der Waals surface area contributed by atoms with Crippen LogP contribution in [-0.4, -0.2) is 93.5 Å². The lowest BCUT2D eigenvalue weighted by Crippen LogP contribution is -2.48. The number of nitrogens with one attached hydrogen (secondary N) is 1. The van der Waals surface area contributed by atoms with Crippen LogP contribution < -0.4 is 5.32 Å². The highest BCUT2D eigenvalue weighted by molar-refractivity contribution is 7.89. The third-order valence-corrected chi connectivity index (χ3v) is 8.67. The molecule has 0 spiro atoms. The Bertz CT molecular complexity index is 1260. The number of sulfonamides is 1. The molecule has 0 amide bonds. The molecule has 1 aromatic heterocycles. The van der Waals surface area contributed by atoms with Crippen molar-refractivity contribution in [2.45, 2.75) is 4.90 Å². The molecule has 1 aliphatic heterocycles. The lowest BCUT2D eigenvalue weighted by Gasteiger charge is -2.31. The zero-order valence-electron chi connectivity index (χ0n) is 20.7. The zero-order valence-corrected chi connectivity index (χ0v) is 22.3. The summed E-state index contributed by atoms with van der Waals surface area (Å²) < 4.78 is 29.4. The van der Waals surface area contributed by atoms with Crippen molar-refractivity contribution in [3.05, 3.63) is 77.6 Å². The van der Waals surface area contributed by atoms with Crippen molar-refractivity contribution in [1.82, 2.24) is 24.4 Å². The summed E-state index contributed by atoms with van der Waals surface area (Å²) in [5.74, 6) is 0. The Kier molecular flexibility index (Phi) is 9.47. The summed E-state index contributed by atoms with van der Waals surface area (Å²) in [6.45, 7) is 6.67. The summed E-state index contributed by atoms with van der Waals surface area (Å²) in [7, 11) is -1.67. The molecule has 1 aliphatic rings. The molecule has 0 unspecified atom stereocenters. The maximum atomic E-state index is 13.9. The fourth-order valence-corrected chi connectivity index (χ4v) is 6.08. The summed E-state index contributed by atoms with van der Waals surface area (Å²) in [5, 5.41) is 5.60. The van der Waals surface area contributed by atoms with Crippen LogP contribution >= 0.6 is 11.6 Å². The van der Waals surface area contributed by atoms with E-state index in [0.717, 1.165) is 37.1 Å². The summed E-state index contributed by atoms with van der Waals surface area (Å²) in [4.78, 5) is 8.95. The third kappa shape index (κ3) is 7.12. The van der Waals surface area contributed by atoms with Crippen LogP contribution in [0.4, 0.5) is 0 Å². The zero-order chi connectivity index (χ0) is 25.4. The predicted octanol–water partition coefficient (Wildman–Crippen LogP) is 3.43. The molecule has 36 heavy (non-hydrogen) atoms. The Balaban J connectivity index is 1.46. The molecule has 1 saturated heterocycles. The maximum Gasteiger partial charge on any atom is 0.243 e. The van der Waals surface area contributed by atoms with E-state index in [1.807, 2.05) is 37.4 Å². The predicted molar refractivity (Wildman–Crippen MR) is 148 cm³/mol. The minimum atomic E-state index is -3.69. The Hall–Kier alpha value is -2.33. The van der Waals surface area contributed by atoms with Gasteiger partial charge in [-0.2, -0.15) is 4.31 Å². The van der Waals surface area contributed by atoms with E-state index < -0.39 is 10.0 Å². The van der Waals surface area contributed by atoms with Crippen LogP contribution in [0.15, 0.2) is 71.9 Å². The van der Waals surface area contributed by atoms with Crippen molar-refractivity contribution in [3.63, 3.8) is 0 Å². The summed E-state index contributed by atoms with van der Waals surface area (Å²) in [5.41, 5.74) is 1.08. The molecular weight excluding hydrogens is 494 g/mol. The number of benzene rings is 2. The second-order valence-electron chi connectivity index (χ2n) is 9.06. The van der Waals surface area contributed by atoms with Gasteiger partial charge in [-0.3, -0.25) is 9.88 Å². The normalized spacial score (nSPS) is 15.4. The van der Waals surface area contributed by atoms with Crippen LogP contribution in [-0.2, 0) is 10.0 Å². The number of fused-ring (bicyclic) bond motifs is 1. The fraction of sp³-hybridized carbons (Fsp3) is 0.370. The Morgan fingerprint density at radius 1 is 1.06 bits per heavy atom. The highest BCUT2D eigenvalue weighted by Gasteiger charge is 2.27. The van der Waals surface area contributed by atoms with Crippen LogP contribution in [0.25, 0.3) is 16.8 Å². The molecule has 192 valence electrons. The topological polar surface area (TPSA) is 68.8 Å². The molecule has 4 rings (SSSR count). The average molecular weight is 528 g/mol. The number of aromatic nitrogens is 1. The number of pyridine rings is 1. The molecule has 0 radical (unpaired) electrons. The molecule has 2 aromatic carbocycles. The Morgan fingerprint density at radius 3 is 2.61 bits per heavy atom. The molecule has 9 heteroatoms. The van der Waals surface area contributed by atoms with Crippen LogP contribution in [0.5, 0.6) is 0 Å². The molecule has 3 aromatic rings. The van der Waals surface area contributed by atoms with Gasteiger partial charge in [-0.15, -0.1) is 0 Å². The molecule has 0 atom stereocenters. The highest BCUT2D eigenvalue weighted by atomic mass is 35.5. The molecule has 2 heterocycles. The third-order valence-electron chi connectivity index (χ3n) is 6.46.